The van der Waals surface area contributed by atoms with Crippen LogP contribution in [-0.4, -0.2) is 34.8 Å². The quantitative estimate of drug-likeness (QED) is 0.888. The number of hydrogen-bond acceptors (Lipinski definition) is 4. The smallest absolute Gasteiger partial charge is 0.267 e. The molecule has 1 N–H and O–H groups in total. The second-order valence-corrected chi connectivity index (χ2v) is 5.76. The third-order valence-corrected chi connectivity index (χ3v) is 4.07. The first-order valence-corrected chi connectivity index (χ1v) is 7.46. The summed E-state index contributed by atoms with van der Waals surface area (Å²) in [5.41, 5.74) is -0.0286. The van der Waals surface area contributed by atoms with E-state index in [0.29, 0.717) is 23.2 Å². The number of nitrogens with one attached hydrogen (secondary N) is 1. The molecule has 0 aliphatic carbocycles. The highest BCUT2D eigenvalue weighted by molar-refractivity contribution is 9.10. The highest BCUT2D eigenvalue weighted by atomic mass is 79.9. The monoisotopic (exact) mass is 329 g/mol. The Labute approximate surface area is 121 Å². The van der Waals surface area contributed by atoms with Gasteiger partial charge in [-0.2, -0.15) is 0 Å². The van der Waals surface area contributed by atoms with Gasteiger partial charge in [-0.25, -0.2) is 4.98 Å². The van der Waals surface area contributed by atoms with Crippen LogP contribution >= 0.6 is 15.9 Å². The molecule has 0 amide bonds. The lowest BCUT2D eigenvalue weighted by Gasteiger charge is -2.20. The maximum absolute atomic E-state index is 11.9. The van der Waals surface area contributed by atoms with Crippen LogP contribution in [0.2, 0.25) is 0 Å². The van der Waals surface area contributed by atoms with E-state index in [1.807, 2.05) is 6.92 Å². The second kappa shape index (κ2) is 6.63. The Morgan fingerprint density at radius 1 is 1.68 bits per heavy atom. The predicted octanol–water partition coefficient (Wildman–Crippen LogP) is 1.47. The molecule has 2 rings (SSSR count). The van der Waals surface area contributed by atoms with E-state index in [9.17, 15) is 4.79 Å². The Morgan fingerprint density at radius 2 is 2.47 bits per heavy atom. The molecule has 1 aliphatic heterocycles. The fraction of sp³-hybridized carbons (Fsp3) is 0.692. The average molecular weight is 330 g/mol. The van der Waals surface area contributed by atoms with Crippen LogP contribution in [-0.2, 0) is 11.3 Å². The van der Waals surface area contributed by atoms with Gasteiger partial charge in [-0.3, -0.25) is 9.36 Å². The van der Waals surface area contributed by atoms with E-state index in [0.717, 1.165) is 31.8 Å². The SMILES string of the molecule is Cc1ncc(Br)c(=O)n1CCNC(C)C1CCCO1. The lowest BCUT2D eigenvalue weighted by Crippen LogP contribution is -2.40. The number of aryl methyl sites for hydroxylation is 1. The van der Waals surface area contributed by atoms with Crippen LogP contribution in [0.15, 0.2) is 15.5 Å². The molecule has 2 atom stereocenters. The van der Waals surface area contributed by atoms with E-state index < -0.39 is 0 Å². The van der Waals surface area contributed by atoms with Gasteiger partial charge in [0.2, 0.25) is 0 Å². The molecule has 0 aromatic carbocycles. The molecule has 6 heteroatoms. The second-order valence-electron chi connectivity index (χ2n) is 4.90. The van der Waals surface area contributed by atoms with E-state index in [2.05, 4.69) is 33.2 Å². The Kier molecular flexibility index (Phi) is 5.13. The number of halogens is 1. The Hall–Kier alpha value is -0.720. The van der Waals surface area contributed by atoms with Crippen molar-refractivity contribution in [2.45, 2.75) is 45.4 Å². The zero-order valence-electron chi connectivity index (χ0n) is 11.4. The molecule has 1 aliphatic rings. The van der Waals surface area contributed by atoms with Gasteiger partial charge in [-0.15, -0.1) is 0 Å². The van der Waals surface area contributed by atoms with E-state index in [4.69, 9.17) is 4.74 Å². The van der Waals surface area contributed by atoms with Crippen LogP contribution in [0.25, 0.3) is 0 Å². The fourth-order valence-corrected chi connectivity index (χ4v) is 2.66. The van der Waals surface area contributed by atoms with Crippen LogP contribution in [0.4, 0.5) is 0 Å². The summed E-state index contributed by atoms with van der Waals surface area (Å²) in [7, 11) is 0. The third kappa shape index (κ3) is 3.64. The molecule has 1 saturated heterocycles. The van der Waals surface area contributed by atoms with E-state index in [1.54, 1.807) is 10.8 Å². The minimum absolute atomic E-state index is 0.0286. The molecule has 1 aromatic rings. The van der Waals surface area contributed by atoms with Crippen molar-refractivity contribution in [1.29, 1.82) is 0 Å². The Balaban J connectivity index is 1.89. The maximum Gasteiger partial charge on any atom is 0.267 e. The van der Waals surface area contributed by atoms with Crippen LogP contribution in [0.3, 0.4) is 0 Å². The van der Waals surface area contributed by atoms with Gasteiger partial charge in [-0.05, 0) is 42.6 Å². The van der Waals surface area contributed by atoms with Crippen LogP contribution in [0.1, 0.15) is 25.6 Å². The van der Waals surface area contributed by atoms with Crippen molar-refractivity contribution in [2.24, 2.45) is 0 Å². The molecule has 1 aromatic heterocycles. The number of rotatable bonds is 5. The normalized spacial score (nSPS) is 20.7. The first-order chi connectivity index (χ1) is 9.09. The summed E-state index contributed by atoms with van der Waals surface area (Å²) in [5, 5.41) is 3.42. The van der Waals surface area contributed by atoms with Gasteiger partial charge in [0.25, 0.3) is 5.56 Å². The molecule has 0 saturated carbocycles. The summed E-state index contributed by atoms with van der Waals surface area (Å²) in [6.45, 7) is 6.20. The number of nitrogens with zero attached hydrogens (tertiary/aromatic N) is 2. The van der Waals surface area contributed by atoms with Gasteiger partial charge >= 0.3 is 0 Å². The maximum atomic E-state index is 11.9. The summed E-state index contributed by atoms with van der Waals surface area (Å²) in [6, 6.07) is 0.318. The van der Waals surface area contributed by atoms with E-state index in [1.165, 1.54) is 0 Å². The standard InChI is InChI=1S/C13H20BrN3O2/c1-9(12-4-3-7-19-12)15-5-6-17-10(2)16-8-11(14)13(17)18/h8-9,12,15H,3-7H2,1-2H3. The molecule has 0 bridgehead atoms. The van der Waals surface area contributed by atoms with Gasteiger partial charge in [0.1, 0.15) is 10.3 Å². The average Bonchev–Trinajstić information content (AvgIpc) is 2.92. The lowest BCUT2D eigenvalue weighted by atomic mass is 10.1. The largest absolute Gasteiger partial charge is 0.377 e. The zero-order valence-corrected chi connectivity index (χ0v) is 12.9. The molecular formula is C13H20BrN3O2. The molecule has 1 fully saturated rings. The van der Waals surface area contributed by atoms with Crippen LogP contribution in [0, 0.1) is 6.92 Å². The van der Waals surface area contributed by atoms with Gasteiger partial charge < -0.3 is 10.1 Å². The number of hydrogen-bond donors (Lipinski definition) is 1. The fourth-order valence-electron chi connectivity index (χ4n) is 2.35. The van der Waals surface area contributed by atoms with Crippen molar-refractivity contribution >= 4 is 15.9 Å². The van der Waals surface area contributed by atoms with Crippen molar-refractivity contribution in [2.75, 3.05) is 13.2 Å². The minimum Gasteiger partial charge on any atom is -0.377 e. The zero-order chi connectivity index (χ0) is 13.8. The van der Waals surface area contributed by atoms with Gasteiger partial charge in [0.05, 0.1) is 6.10 Å². The van der Waals surface area contributed by atoms with E-state index >= 15 is 0 Å². The number of ether oxygens (including phenoxy) is 1. The Bertz CT molecular complexity index is 483. The van der Waals surface area contributed by atoms with Crippen molar-refractivity contribution in [1.82, 2.24) is 14.9 Å². The van der Waals surface area contributed by atoms with Crippen molar-refractivity contribution in [3.63, 3.8) is 0 Å². The molecule has 0 spiro atoms. The van der Waals surface area contributed by atoms with Crippen LogP contribution < -0.4 is 10.9 Å². The highest BCUT2D eigenvalue weighted by Crippen LogP contribution is 2.15. The predicted molar refractivity (Wildman–Crippen MR) is 77.4 cm³/mol. The topological polar surface area (TPSA) is 56.2 Å². The molecule has 19 heavy (non-hydrogen) atoms. The van der Waals surface area contributed by atoms with Crippen LogP contribution in [0.5, 0.6) is 0 Å². The highest BCUT2D eigenvalue weighted by Gasteiger charge is 2.21. The molecular weight excluding hydrogens is 310 g/mol. The van der Waals surface area contributed by atoms with E-state index in [-0.39, 0.29) is 5.56 Å². The lowest BCUT2D eigenvalue weighted by molar-refractivity contribution is 0.0834. The van der Waals surface area contributed by atoms with Crippen molar-refractivity contribution < 1.29 is 4.74 Å². The third-order valence-electron chi connectivity index (χ3n) is 3.53. The molecule has 0 radical (unpaired) electrons. The molecule has 2 unspecified atom stereocenters. The summed E-state index contributed by atoms with van der Waals surface area (Å²) >= 11 is 3.22. The molecule has 2 heterocycles. The Morgan fingerprint density at radius 3 is 3.16 bits per heavy atom. The molecule has 106 valence electrons. The van der Waals surface area contributed by atoms with Gasteiger partial charge in [0.15, 0.2) is 0 Å². The van der Waals surface area contributed by atoms with Crippen molar-refractivity contribution in [3.05, 3.63) is 26.8 Å². The summed E-state index contributed by atoms with van der Waals surface area (Å²) < 4.78 is 7.82. The molecule has 5 nitrogen and oxygen atoms in total. The first kappa shape index (κ1) is 14.7. The van der Waals surface area contributed by atoms with Crippen molar-refractivity contribution in [3.8, 4) is 0 Å². The van der Waals surface area contributed by atoms with Gasteiger partial charge in [-0.1, -0.05) is 0 Å². The summed E-state index contributed by atoms with van der Waals surface area (Å²) in [5.74, 6) is 0.736. The summed E-state index contributed by atoms with van der Waals surface area (Å²) in [4.78, 5) is 16.1. The number of aromatic nitrogens is 2. The minimum atomic E-state index is -0.0286. The first-order valence-electron chi connectivity index (χ1n) is 6.66. The van der Waals surface area contributed by atoms with Gasteiger partial charge in [0, 0.05) is 31.9 Å². The summed E-state index contributed by atoms with van der Waals surface area (Å²) in [6.07, 6.45) is 4.12.